The van der Waals surface area contributed by atoms with Gasteiger partial charge in [-0.3, -0.25) is 67.3 Å². The number of anilines is 4. The molecule has 34 nitrogen and oxygen atoms in total. The van der Waals surface area contributed by atoms with E-state index in [0.29, 0.717) is 123 Å². The van der Waals surface area contributed by atoms with Gasteiger partial charge in [0.15, 0.2) is 24.3 Å². The Morgan fingerprint density at radius 3 is 1.22 bits per heavy atom. The lowest BCUT2D eigenvalue weighted by Gasteiger charge is -2.31. The third kappa shape index (κ3) is 25.8. The monoisotopic (exact) mass is 1570 g/mol. The molecule has 0 spiro atoms. The number of amides is 8. The van der Waals surface area contributed by atoms with Crippen LogP contribution in [0.1, 0.15) is 115 Å². The number of likely N-dealkylation sites (N-methyl/N-ethyl adjacent to an activating group) is 2. The number of hydrogen-bond donors (Lipinski definition) is 12. The van der Waals surface area contributed by atoms with E-state index >= 15 is 0 Å². The highest BCUT2D eigenvalue weighted by Gasteiger charge is 2.43. The first-order valence-electron chi connectivity index (χ1n) is 37.0. The van der Waals surface area contributed by atoms with Crippen molar-refractivity contribution in [3.05, 3.63) is 168 Å². The summed E-state index contributed by atoms with van der Waals surface area (Å²) in [5, 5.41) is 32.0. The van der Waals surface area contributed by atoms with E-state index in [0.717, 1.165) is 22.5 Å². The summed E-state index contributed by atoms with van der Waals surface area (Å²) in [7, 11) is 1.96. The van der Waals surface area contributed by atoms with Crippen molar-refractivity contribution in [1.29, 1.82) is 10.8 Å². The van der Waals surface area contributed by atoms with E-state index in [9.17, 15) is 38.4 Å². The minimum atomic E-state index is -5.17. The molecule has 2 aromatic heterocycles. The molecule has 8 amide bonds. The summed E-state index contributed by atoms with van der Waals surface area (Å²) >= 11 is 0. The molecule has 6 atom stereocenters. The van der Waals surface area contributed by atoms with Crippen LogP contribution in [0.15, 0.2) is 156 Å². The van der Waals surface area contributed by atoms with Gasteiger partial charge in [0, 0.05) is 74.2 Å². The molecule has 604 valence electrons. The van der Waals surface area contributed by atoms with Crippen molar-refractivity contribution < 1.29 is 74.7 Å². The Labute approximate surface area is 657 Å². The lowest BCUT2D eigenvalue weighted by atomic mass is 10.0. The molecule has 2 fully saturated rings. The number of likely N-dealkylation sites (tertiary alicyclic amines) is 2. The highest BCUT2D eigenvalue weighted by Crippen LogP contribution is 2.31. The number of fused-ring (bicyclic) bond motifs is 2. The number of pyridine rings is 2. The second-order valence-corrected chi connectivity index (χ2v) is 30.3. The molecule has 10 rings (SSSR count). The van der Waals surface area contributed by atoms with Gasteiger partial charge in [0.1, 0.15) is 61.7 Å². The van der Waals surface area contributed by atoms with Crippen LogP contribution in [0.2, 0.25) is 0 Å². The smallest absolute Gasteiger partial charge is 0.283 e. The molecule has 2 saturated heterocycles. The standard InChI is InChI=1S/2C39H50N10O5.H2O4S/c2*1-39(2,3)54-46-29(24-25-12-7-6-8-13-25)36(52)49-23-11-16-31(49)35(51)45-28(14-9-21-42-38(40)41)34(50)44-27-19-17-26(18-20-27)43-32-33-30(48(5)37(32)53)15-10-22-47(33)4;1-5(2,3)4/h2*6-8,10,12-13,15,17-20,22,28-29,31,46H,9,11,14,16,21,23-24H2,1-5H3,(H5,40,41,42,45,51);(H2,1,2,3,4)/t2*28-,29+,31-;/m00./s1. The highest BCUT2D eigenvalue weighted by molar-refractivity contribution is 7.79. The Bertz CT molecular complexity index is 4300. The fraction of sp³-hybridized carbons (Fsp3) is 0.410. The van der Waals surface area contributed by atoms with E-state index in [1.807, 2.05) is 162 Å². The predicted octanol–water partition coefficient (Wildman–Crippen LogP) is 3.10. The lowest BCUT2D eigenvalue weighted by molar-refractivity contribution is -0.671. The molecule has 0 bridgehead atoms. The van der Waals surface area contributed by atoms with E-state index in [1.54, 1.807) is 82.2 Å². The number of nitrogens with one attached hydrogen (secondary N) is 10. The van der Waals surface area contributed by atoms with Gasteiger partial charge in [-0.25, -0.2) is 9.98 Å². The first-order valence-corrected chi connectivity index (χ1v) is 38.3. The van der Waals surface area contributed by atoms with Crippen molar-refractivity contribution in [2.75, 3.05) is 60.7 Å². The third-order valence-electron chi connectivity index (χ3n) is 18.3. The zero-order valence-corrected chi connectivity index (χ0v) is 65.9. The molecule has 4 aliphatic heterocycles. The molecule has 4 aliphatic rings. The van der Waals surface area contributed by atoms with Gasteiger partial charge in [-0.05, 0) is 178 Å². The minimum Gasteiger partial charge on any atom is -0.759 e. The van der Waals surface area contributed by atoms with Crippen molar-refractivity contribution in [1.82, 2.24) is 42.0 Å². The number of aromatic nitrogens is 2. The van der Waals surface area contributed by atoms with E-state index in [1.165, 1.54) is 0 Å². The number of aliphatic imine (C=N–C) groups is 2. The molecular weight excluding hydrogens is 1470 g/mol. The summed E-state index contributed by atoms with van der Waals surface area (Å²) in [5.74, 6) is -3.10. The van der Waals surface area contributed by atoms with Crippen LogP contribution < -0.4 is 73.3 Å². The number of carbonyl (C=O) groups excluding carboxylic acids is 8. The second kappa shape index (κ2) is 39.6. The fourth-order valence-corrected chi connectivity index (χ4v) is 12.9. The SMILES string of the molecule is CN1C(=O)C(=Nc2ccc(NC(=O)[C@H](CCCNC(=N)N)NC(=O)[C@@H]3CCCN3C(=O)[C@@H](Cc3ccccc3)NOC(C)(C)C)cc2)c2c1ccc[n+]2C.CN1C(=O)C(=Nc2ccc(NC(=O)[C@H](CCCNC(=N)N)NC(=O)[C@@H]3CCCN3C(=O)[C@@H](Cc3ccccc3)NOC(C)(C)C)cc2)c2c1ccc[n+]2C.O=S(=O)([O-])[O-]. The van der Waals surface area contributed by atoms with Crippen LogP contribution in [0.4, 0.5) is 34.1 Å². The molecule has 14 N–H and O–H groups in total. The molecule has 113 heavy (non-hydrogen) atoms. The number of aryl methyl sites for hydroxylation is 2. The van der Waals surface area contributed by atoms with Gasteiger partial charge >= 0.3 is 0 Å². The molecule has 4 aromatic carbocycles. The number of hydroxylamine groups is 2. The maximum atomic E-state index is 14.0. The van der Waals surface area contributed by atoms with Crippen LogP contribution in [0, 0.1) is 10.8 Å². The van der Waals surface area contributed by atoms with E-state index in [-0.39, 0.29) is 48.4 Å². The molecule has 35 heteroatoms. The molecule has 0 radical (unpaired) electrons. The number of nitrogens with zero attached hydrogens (tertiary/aromatic N) is 8. The van der Waals surface area contributed by atoms with Crippen LogP contribution in [0.25, 0.3) is 0 Å². The van der Waals surface area contributed by atoms with Crippen molar-refractivity contribution >= 4 is 115 Å². The van der Waals surface area contributed by atoms with Crippen LogP contribution in [-0.4, -0.2) is 186 Å². The largest absolute Gasteiger partial charge is 0.759 e. The summed E-state index contributed by atoms with van der Waals surface area (Å²) in [5.41, 5.74) is 23.2. The lowest BCUT2D eigenvalue weighted by Crippen LogP contribution is -2.56. The van der Waals surface area contributed by atoms with Crippen LogP contribution in [0.5, 0.6) is 0 Å². The first kappa shape index (κ1) is 87.1. The molecule has 6 heterocycles. The van der Waals surface area contributed by atoms with Crippen molar-refractivity contribution in [3.63, 3.8) is 0 Å². The number of guanidine groups is 2. The van der Waals surface area contributed by atoms with Gasteiger partial charge in [-0.1, -0.05) is 60.7 Å². The summed E-state index contributed by atoms with van der Waals surface area (Å²) in [6.45, 7) is 12.7. The Hall–Kier alpha value is -11.5. The van der Waals surface area contributed by atoms with Gasteiger partial charge in [0.2, 0.25) is 46.9 Å². The summed E-state index contributed by atoms with van der Waals surface area (Å²) in [6, 6.07) is 35.3. The van der Waals surface area contributed by atoms with Crippen molar-refractivity contribution in [2.24, 2.45) is 35.5 Å². The number of benzene rings is 4. The molecule has 0 aliphatic carbocycles. The topological polar surface area (TPSA) is 477 Å². The Morgan fingerprint density at radius 1 is 0.549 bits per heavy atom. The normalized spacial score (nSPS) is 17.0. The first-order chi connectivity index (χ1) is 53.4. The summed E-state index contributed by atoms with van der Waals surface area (Å²) in [6.07, 6.45) is 7.92. The van der Waals surface area contributed by atoms with E-state index < -0.39 is 81.5 Å². The fourth-order valence-electron chi connectivity index (χ4n) is 12.9. The van der Waals surface area contributed by atoms with Crippen molar-refractivity contribution in [3.8, 4) is 0 Å². The van der Waals surface area contributed by atoms with Gasteiger partial charge in [-0.15, -0.1) is 0 Å². The van der Waals surface area contributed by atoms with E-state index in [2.05, 4.69) is 52.8 Å². The van der Waals surface area contributed by atoms with Gasteiger partial charge < -0.3 is 72.1 Å². The zero-order chi connectivity index (χ0) is 82.5. The maximum absolute atomic E-state index is 14.0. The minimum absolute atomic E-state index is 0.193. The quantitative estimate of drug-likeness (QED) is 0.00638. The Morgan fingerprint density at radius 2 is 0.894 bits per heavy atom. The number of carbonyl (C=O) groups is 8. The molecule has 0 unspecified atom stereocenters. The van der Waals surface area contributed by atoms with Crippen LogP contribution >= 0.6 is 0 Å². The van der Waals surface area contributed by atoms with Gasteiger partial charge in [0.05, 0.1) is 22.6 Å². The molecule has 6 aromatic rings. The van der Waals surface area contributed by atoms with E-state index in [4.69, 9.17) is 49.5 Å². The summed E-state index contributed by atoms with van der Waals surface area (Å²) < 4.78 is 37.8. The maximum Gasteiger partial charge on any atom is 0.283 e. The number of hydrogen-bond acceptors (Lipinski definition) is 20. The Balaban J connectivity index is 0.000000267. The van der Waals surface area contributed by atoms with Gasteiger partial charge in [-0.2, -0.15) is 20.1 Å². The third-order valence-corrected chi connectivity index (χ3v) is 18.3. The zero-order valence-electron chi connectivity index (χ0n) is 65.1. The van der Waals surface area contributed by atoms with Crippen LogP contribution in [0.3, 0.4) is 0 Å². The second-order valence-electron chi connectivity index (χ2n) is 29.5. The average Bonchev–Trinajstić information content (AvgIpc) is 1.05. The van der Waals surface area contributed by atoms with Crippen LogP contribution in [-0.2, 0) is 85.4 Å². The molecular formula is C78H102N20O14S. The number of nitrogens with two attached hydrogens (primary N) is 2. The average molecular weight is 1580 g/mol. The molecule has 0 saturated carbocycles. The van der Waals surface area contributed by atoms with Crippen molar-refractivity contribution in [2.45, 2.75) is 153 Å². The van der Waals surface area contributed by atoms with Gasteiger partial charge in [0.25, 0.3) is 23.2 Å². The number of rotatable bonds is 28. The highest BCUT2D eigenvalue weighted by atomic mass is 32.3. The Kier molecular flexibility index (Phi) is 30.5. The predicted molar refractivity (Wildman–Crippen MR) is 423 cm³/mol. The summed E-state index contributed by atoms with van der Waals surface area (Å²) in [4.78, 5) is 136.